The first-order valence-corrected chi connectivity index (χ1v) is 6.29. The summed E-state index contributed by atoms with van der Waals surface area (Å²) in [6.45, 7) is 0.472. The SMILES string of the molecule is COc1cc(OCCCCCC(=O)O)ccc1CO. The Morgan fingerprint density at radius 1 is 1.26 bits per heavy atom. The maximum absolute atomic E-state index is 10.3. The zero-order valence-corrected chi connectivity index (χ0v) is 11.1. The Morgan fingerprint density at radius 2 is 2.05 bits per heavy atom. The average molecular weight is 268 g/mol. The van der Waals surface area contributed by atoms with Crippen LogP contribution in [-0.4, -0.2) is 29.9 Å². The summed E-state index contributed by atoms with van der Waals surface area (Å²) < 4.78 is 10.7. The monoisotopic (exact) mass is 268 g/mol. The summed E-state index contributed by atoms with van der Waals surface area (Å²) >= 11 is 0. The van der Waals surface area contributed by atoms with Crippen LogP contribution in [-0.2, 0) is 11.4 Å². The van der Waals surface area contributed by atoms with Gasteiger partial charge in [0, 0.05) is 18.1 Å². The first-order valence-electron chi connectivity index (χ1n) is 6.29. The predicted octanol–water partition coefficient (Wildman–Crippen LogP) is 2.21. The van der Waals surface area contributed by atoms with Crippen LogP contribution in [0.2, 0.25) is 0 Å². The lowest BCUT2D eigenvalue weighted by atomic mass is 10.2. The van der Waals surface area contributed by atoms with Crippen molar-refractivity contribution in [2.24, 2.45) is 0 Å². The standard InChI is InChI=1S/C14H20O5/c1-18-13-9-12(7-6-11(13)10-15)19-8-4-2-3-5-14(16)17/h6-7,9,15H,2-5,8,10H2,1H3,(H,16,17). The first-order chi connectivity index (χ1) is 9.17. The van der Waals surface area contributed by atoms with Gasteiger partial charge in [-0.15, -0.1) is 0 Å². The molecule has 0 spiro atoms. The highest BCUT2D eigenvalue weighted by Crippen LogP contribution is 2.24. The average Bonchev–Trinajstić information content (AvgIpc) is 2.42. The lowest BCUT2D eigenvalue weighted by molar-refractivity contribution is -0.137. The van der Waals surface area contributed by atoms with E-state index in [4.69, 9.17) is 19.7 Å². The van der Waals surface area contributed by atoms with Gasteiger partial charge in [-0.05, 0) is 31.4 Å². The lowest BCUT2D eigenvalue weighted by Crippen LogP contribution is -2.00. The van der Waals surface area contributed by atoms with Gasteiger partial charge in [-0.1, -0.05) is 0 Å². The van der Waals surface area contributed by atoms with Crippen LogP contribution < -0.4 is 9.47 Å². The fourth-order valence-electron chi connectivity index (χ4n) is 1.69. The molecule has 19 heavy (non-hydrogen) atoms. The maximum Gasteiger partial charge on any atom is 0.303 e. The minimum Gasteiger partial charge on any atom is -0.496 e. The zero-order valence-electron chi connectivity index (χ0n) is 11.1. The number of aliphatic hydroxyl groups is 1. The van der Waals surface area contributed by atoms with Crippen LogP contribution in [0.15, 0.2) is 18.2 Å². The molecule has 0 amide bonds. The van der Waals surface area contributed by atoms with E-state index in [1.54, 1.807) is 25.3 Å². The molecule has 5 nitrogen and oxygen atoms in total. The van der Waals surface area contributed by atoms with Crippen molar-refractivity contribution in [1.29, 1.82) is 0 Å². The number of unbranched alkanes of at least 4 members (excludes halogenated alkanes) is 2. The van der Waals surface area contributed by atoms with E-state index in [0.29, 0.717) is 24.5 Å². The van der Waals surface area contributed by atoms with Gasteiger partial charge in [-0.2, -0.15) is 0 Å². The smallest absolute Gasteiger partial charge is 0.303 e. The van der Waals surface area contributed by atoms with E-state index >= 15 is 0 Å². The van der Waals surface area contributed by atoms with Crippen LogP contribution in [0.25, 0.3) is 0 Å². The van der Waals surface area contributed by atoms with Gasteiger partial charge in [-0.25, -0.2) is 0 Å². The van der Waals surface area contributed by atoms with Crippen molar-refractivity contribution < 1.29 is 24.5 Å². The summed E-state index contributed by atoms with van der Waals surface area (Å²) in [6.07, 6.45) is 2.53. The molecule has 1 rings (SSSR count). The molecule has 0 saturated heterocycles. The van der Waals surface area contributed by atoms with Gasteiger partial charge >= 0.3 is 5.97 Å². The predicted molar refractivity (Wildman–Crippen MR) is 70.5 cm³/mol. The maximum atomic E-state index is 10.3. The van der Waals surface area contributed by atoms with Gasteiger partial charge in [-0.3, -0.25) is 4.79 Å². The highest BCUT2D eigenvalue weighted by Gasteiger charge is 2.04. The molecule has 1 aromatic rings. The molecular formula is C14H20O5. The molecule has 0 heterocycles. The minimum atomic E-state index is -0.759. The minimum absolute atomic E-state index is 0.0708. The molecule has 0 aliphatic carbocycles. The fourth-order valence-corrected chi connectivity index (χ4v) is 1.69. The summed E-state index contributed by atoms with van der Waals surface area (Å²) in [4.78, 5) is 10.3. The van der Waals surface area contributed by atoms with Gasteiger partial charge in [0.2, 0.25) is 0 Å². The third-order valence-electron chi connectivity index (χ3n) is 2.73. The molecule has 0 radical (unpaired) electrons. The largest absolute Gasteiger partial charge is 0.496 e. The number of hydrogen-bond donors (Lipinski definition) is 2. The van der Waals surface area contributed by atoms with E-state index in [2.05, 4.69) is 0 Å². The zero-order chi connectivity index (χ0) is 14.1. The molecular weight excluding hydrogens is 248 g/mol. The van der Waals surface area contributed by atoms with Crippen molar-refractivity contribution in [2.45, 2.75) is 32.3 Å². The number of benzene rings is 1. The number of ether oxygens (including phenoxy) is 2. The number of aliphatic hydroxyl groups excluding tert-OH is 1. The van der Waals surface area contributed by atoms with Crippen LogP contribution in [0.3, 0.4) is 0 Å². The molecule has 0 aliphatic rings. The second-order valence-electron chi connectivity index (χ2n) is 4.18. The number of rotatable bonds is 9. The molecule has 2 N–H and O–H groups in total. The lowest BCUT2D eigenvalue weighted by Gasteiger charge is -2.10. The Morgan fingerprint density at radius 3 is 2.68 bits per heavy atom. The molecule has 0 bridgehead atoms. The molecule has 5 heteroatoms. The summed E-state index contributed by atoms with van der Waals surface area (Å²) in [7, 11) is 1.55. The molecule has 0 saturated carbocycles. The third-order valence-corrected chi connectivity index (χ3v) is 2.73. The highest BCUT2D eigenvalue weighted by atomic mass is 16.5. The third kappa shape index (κ3) is 5.61. The molecule has 0 atom stereocenters. The van der Waals surface area contributed by atoms with Crippen molar-refractivity contribution in [2.75, 3.05) is 13.7 Å². The van der Waals surface area contributed by atoms with E-state index in [0.717, 1.165) is 18.4 Å². The summed E-state index contributed by atoms with van der Waals surface area (Å²) in [5.74, 6) is 0.531. The molecule has 1 aromatic carbocycles. The molecule has 106 valence electrons. The van der Waals surface area contributed by atoms with Crippen molar-refractivity contribution in [1.82, 2.24) is 0 Å². The van der Waals surface area contributed by atoms with Crippen LogP contribution in [0.1, 0.15) is 31.2 Å². The number of hydrogen-bond acceptors (Lipinski definition) is 4. The number of carboxylic acids is 1. The molecule has 0 aliphatic heterocycles. The van der Waals surface area contributed by atoms with Crippen LogP contribution >= 0.6 is 0 Å². The van der Waals surface area contributed by atoms with Crippen LogP contribution in [0.5, 0.6) is 11.5 Å². The number of aliphatic carboxylic acids is 1. The van der Waals surface area contributed by atoms with Gasteiger partial charge in [0.25, 0.3) is 0 Å². The Balaban J connectivity index is 2.31. The normalized spacial score (nSPS) is 10.2. The number of methoxy groups -OCH3 is 1. The van der Waals surface area contributed by atoms with Crippen LogP contribution in [0.4, 0.5) is 0 Å². The fraction of sp³-hybridized carbons (Fsp3) is 0.500. The van der Waals surface area contributed by atoms with Crippen LogP contribution in [0, 0.1) is 0 Å². The van der Waals surface area contributed by atoms with E-state index in [9.17, 15) is 4.79 Å². The molecule has 0 fully saturated rings. The van der Waals surface area contributed by atoms with Crippen molar-refractivity contribution in [3.8, 4) is 11.5 Å². The van der Waals surface area contributed by atoms with Gasteiger partial charge < -0.3 is 19.7 Å². The topological polar surface area (TPSA) is 76.0 Å². The summed E-state index contributed by atoms with van der Waals surface area (Å²) in [6, 6.07) is 5.28. The van der Waals surface area contributed by atoms with Gasteiger partial charge in [0.15, 0.2) is 0 Å². The second-order valence-corrected chi connectivity index (χ2v) is 4.18. The van der Waals surface area contributed by atoms with E-state index in [-0.39, 0.29) is 13.0 Å². The number of carboxylic acid groups (broad SMARTS) is 1. The summed E-state index contributed by atoms with van der Waals surface area (Å²) in [5, 5.41) is 17.6. The number of carbonyl (C=O) groups is 1. The van der Waals surface area contributed by atoms with E-state index in [1.165, 1.54) is 0 Å². The summed E-state index contributed by atoms with van der Waals surface area (Å²) in [5.41, 5.74) is 0.719. The van der Waals surface area contributed by atoms with Crippen molar-refractivity contribution in [3.05, 3.63) is 23.8 Å². The van der Waals surface area contributed by atoms with E-state index < -0.39 is 5.97 Å². The van der Waals surface area contributed by atoms with Crippen molar-refractivity contribution in [3.63, 3.8) is 0 Å². The van der Waals surface area contributed by atoms with Crippen molar-refractivity contribution >= 4 is 5.97 Å². The second kappa shape index (κ2) is 8.37. The Kier molecular flexibility index (Phi) is 6.74. The quantitative estimate of drug-likeness (QED) is 0.671. The highest BCUT2D eigenvalue weighted by molar-refractivity contribution is 5.66. The Labute approximate surface area is 112 Å². The van der Waals surface area contributed by atoms with Gasteiger partial charge in [0.05, 0.1) is 20.3 Å². The first kappa shape index (κ1) is 15.3. The molecule has 0 aromatic heterocycles. The Bertz CT molecular complexity index is 403. The Hall–Kier alpha value is -1.75. The molecule has 0 unspecified atom stereocenters. The van der Waals surface area contributed by atoms with E-state index in [1.807, 2.05) is 0 Å². The van der Waals surface area contributed by atoms with Gasteiger partial charge in [0.1, 0.15) is 11.5 Å².